The average molecular weight is 511 g/mol. The number of methoxy groups -OCH3 is 1. The number of hydrogen-bond acceptors (Lipinski definition) is 7. The molecule has 0 saturated carbocycles. The molecule has 0 aliphatic carbocycles. The number of para-hydroxylation sites is 1. The number of benzene rings is 3. The zero-order valence-corrected chi connectivity index (χ0v) is 20.0. The van der Waals surface area contributed by atoms with Crippen LogP contribution in [0.1, 0.15) is 16.7 Å². The molecule has 0 aromatic heterocycles. The van der Waals surface area contributed by atoms with Gasteiger partial charge in [-0.15, -0.1) is 0 Å². The first-order chi connectivity index (χ1) is 16.9. The summed E-state index contributed by atoms with van der Waals surface area (Å²) in [5.41, 5.74) is 1.70. The van der Waals surface area contributed by atoms with Crippen LogP contribution < -0.4 is 9.47 Å². The second kappa shape index (κ2) is 10.6. The quantitative estimate of drug-likeness (QED) is 0.206. The van der Waals surface area contributed by atoms with Gasteiger partial charge in [0.15, 0.2) is 11.5 Å². The summed E-state index contributed by atoms with van der Waals surface area (Å²) >= 11 is 7.02. The summed E-state index contributed by atoms with van der Waals surface area (Å²) in [6.45, 7) is 0.0667. The van der Waals surface area contributed by atoms with E-state index in [-0.39, 0.29) is 29.0 Å². The van der Waals surface area contributed by atoms with Gasteiger partial charge in [-0.1, -0.05) is 48.0 Å². The summed E-state index contributed by atoms with van der Waals surface area (Å²) in [5, 5.41) is 11.3. The first kappa shape index (κ1) is 24.3. The van der Waals surface area contributed by atoms with Gasteiger partial charge < -0.3 is 9.47 Å². The number of imide groups is 1. The van der Waals surface area contributed by atoms with Gasteiger partial charge in [-0.05, 0) is 53.2 Å². The van der Waals surface area contributed by atoms with Crippen LogP contribution >= 0.6 is 23.4 Å². The normalized spacial score (nSPS) is 14.5. The number of rotatable bonds is 8. The molecule has 10 heteroatoms. The number of ether oxygens (including phenoxy) is 2. The number of carbonyl (C=O) groups is 2. The third-order valence-corrected chi connectivity index (χ3v) is 6.49. The molecule has 1 saturated heterocycles. The molecule has 1 heterocycles. The lowest BCUT2D eigenvalue weighted by molar-refractivity contribution is -0.385. The van der Waals surface area contributed by atoms with Crippen LogP contribution in [-0.4, -0.2) is 28.1 Å². The average Bonchev–Trinajstić information content (AvgIpc) is 3.11. The van der Waals surface area contributed by atoms with Gasteiger partial charge in [-0.25, -0.2) is 0 Å². The molecule has 178 valence electrons. The monoisotopic (exact) mass is 510 g/mol. The topological polar surface area (TPSA) is 99.0 Å². The van der Waals surface area contributed by atoms with Crippen LogP contribution in [0.5, 0.6) is 11.5 Å². The highest BCUT2D eigenvalue weighted by Crippen LogP contribution is 2.36. The van der Waals surface area contributed by atoms with E-state index in [2.05, 4.69) is 0 Å². The molecule has 35 heavy (non-hydrogen) atoms. The molecule has 4 rings (SSSR count). The Hall–Kier alpha value is -3.82. The molecule has 2 amide bonds. The third kappa shape index (κ3) is 5.47. The SMILES string of the molecule is COc1cc(/C=C2\SC(=O)N(Cc3ccccc3Cl)C2=O)ccc1OCc1ccccc1[N+](=O)[O-]. The molecule has 1 fully saturated rings. The van der Waals surface area contributed by atoms with E-state index in [1.807, 2.05) is 0 Å². The summed E-state index contributed by atoms with van der Waals surface area (Å²) in [4.78, 5) is 37.5. The smallest absolute Gasteiger partial charge is 0.293 e. The number of thioether (sulfide) groups is 1. The van der Waals surface area contributed by atoms with E-state index in [9.17, 15) is 19.7 Å². The second-order valence-electron chi connectivity index (χ2n) is 7.44. The molecular formula is C25H19ClN2O6S. The minimum absolute atomic E-state index is 0.0200. The van der Waals surface area contributed by atoms with Gasteiger partial charge in [0.05, 0.1) is 29.0 Å². The van der Waals surface area contributed by atoms with Crippen molar-refractivity contribution in [3.8, 4) is 11.5 Å². The van der Waals surface area contributed by atoms with Crippen molar-refractivity contribution in [3.05, 3.63) is 103 Å². The molecule has 1 aliphatic rings. The first-order valence-corrected chi connectivity index (χ1v) is 11.6. The maximum atomic E-state index is 12.9. The Labute approximate surface area is 210 Å². The van der Waals surface area contributed by atoms with Crippen LogP contribution in [0.2, 0.25) is 5.02 Å². The van der Waals surface area contributed by atoms with Crippen molar-refractivity contribution < 1.29 is 24.0 Å². The van der Waals surface area contributed by atoms with Crippen LogP contribution in [0.4, 0.5) is 10.5 Å². The molecule has 8 nitrogen and oxygen atoms in total. The van der Waals surface area contributed by atoms with Crippen molar-refractivity contribution >= 4 is 46.3 Å². The van der Waals surface area contributed by atoms with E-state index in [0.29, 0.717) is 33.2 Å². The van der Waals surface area contributed by atoms with Crippen LogP contribution in [-0.2, 0) is 17.9 Å². The van der Waals surface area contributed by atoms with E-state index >= 15 is 0 Å². The van der Waals surface area contributed by atoms with E-state index < -0.39 is 10.8 Å². The summed E-state index contributed by atoms with van der Waals surface area (Å²) in [5.74, 6) is 0.359. The van der Waals surface area contributed by atoms with Gasteiger partial charge >= 0.3 is 0 Å². The van der Waals surface area contributed by atoms with Crippen molar-refractivity contribution in [1.29, 1.82) is 0 Å². The molecule has 0 bridgehead atoms. The van der Waals surface area contributed by atoms with Gasteiger partial charge in [0, 0.05) is 11.1 Å². The summed E-state index contributed by atoms with van der Waals surface area (Å²) in [6.07, 6.45) is 1.60. The summed E-state index contributed by atoms with van der Waals surface area (Å²) < 4.78 is 11.2. The zero-order chi connectivity index (χ0) is 24.9. The highest BCUT2D eigenvalue weighted by molar-refractivity contribution is 8.18. The molecule has 0 spiro atoms. The Bertz CT molecular complexity index is 1340. The molecule has 0 atom stereocenters. The van der Waals surface area contributed by atoms with Gasteiger partial charge in [0.2, 0.25) is 0 Å². The van der Waals surface area contributed by atoms with Gasteiger partial charge in [0.25, 0.3) is 16.8 Å². The van der Waals surface area contributed by atoms with Gasteiger partial charge in [0.1, 0.15) is 6.61 Å². The van der Waals surface area contributed by atoms with E-state index in [1.54, 1.807) is 66.7 Å². The maximum Gasteiger partial charge on any atom is 0.293 e. The molecule has 0 N–H and O–H groups in total. The van der Waals surface area contributed by atoms with Crippen molar-refractivity contribution in [3.63, 3.8) is 0 Å². The second-order valence-corrected chi connectivity index (χ2v) is 8.84. The summed E-state index contributed by atoms with van der Waals surface area (Å²) in [6, 6.07) is 18.4. The number of carbonyl (C=O) groups excluding carboxylic acids is 2. The first-order valence-electron chi connectivity index (χ1n) is 10.4. The maximum absolute atomic E-state index is 12.9. The Morgan fingerprint density at radius 2 is 1.74 bits per heavy atom. The van der Waals surface area contributed by atoms with Crippen molar-refractivity contribution in [2.45, 2.75) is 13.2 Å². The third-order valence-electron chi connectivity index (χ3n) is 5.22. The Kier molecular flexibility index (Phi) is 7.38. The fraction of sp³-hybridized carbons (Fsp3) is 0.120. The van der Waals surface area contributed by atoms with Crippen LogP contribution in [0, 0.1) is 10.1 Å². The van der Waals surface area contributed by atoms with Crippen LogP contribution in [0.3, 0.4) is 0 Å². The van der Waals surface area contributed by atoms with Gasteiger partial charge in [-0.3, -0.25) is 24.6 Å². The molecule has 0 radical (unpaired) electrons. The fourth-order valence-electron chi connectivity index (χ4n) is 3.44. The number of nitrogens with zero attached hydrogens (tertiary/aromatic N) is 2. The minimum atomic E-state index is -0.461. The lowest BCUT2D eigenvalue weighted by Crippen LogP contribution is -2.27. The molecule has 3 aromatic rings. The largest absolute Gasteiger partial charge is 0.493 e. The molecular weight excluding hydrogens is 492 g/mol. The fourth-order valence-corrected chi connectivity index (χ4v) is 4.48. The van der Waals surface area contributed by atoms with E-state index in [1.165, 1.54) is 13.2 Å². The van der Waals surface area contributed by atoms with Crippen LogP contribution in [0.25, 0.3) is 6.08 Å². The predicted molar refractivity (Wildman–Crippen MR) is 133 cm³/mol. The Balaban J connectivity index is 1.50. The van der Waals surface area contributed by atoms with Gasteiger partial charge in [-0.2, -0.15) is 0 Å². The van der Waals surface area contributed by atoms with Crippen molar-refractivity contribution in [2.75, 3.05) is 7.11 Å². The van der Waals surface area contributed by atoms with Crippen LogP contribution in [0.15, 0.2) is 71.6 Å². The summed E-state index contributed by atoms with van der Waals surface area (Å²) in [7, 11) is 1.47. The number of nitro groups is 1. The molecule has 0 unspecified atom stereocenters. The minimum Gasteiger partial charge on any atom is -0.493 e. The number of hydrogen-bond donors (Lipinski definition) is 0. The van der Waals surface area contributed by atoms with Crippen molar-refractivity contribution in [1.82, 2.24) is 4.90 Å². The Morgan fingerprint density at radius 1 is 1.03 bits per heavy atom. The van der Waals surface area contributed by atoms with Crippen molar-refractivity contribution in [2.24, 2.45) is 0 Å². The molecule has 3 aromatic carbocycles. The van der Waals surface area contributed by atoms with E-state index in [0.717, 1.165) is 16.7 Å². The van der Waals surface area contributed by atoms with E-state index in [4.69, 9.17) is 21.1 Å². The lowest BCUT2D eigenvalue weighted by atomic mass is 10.1. The number of halogens is 1. The zero-order valence-electron chi connectivity index (χ0n) is 18.5. The standard InChI is InChI=1S/C25H19ClN2O6S/c1-33-22-12-16(10-11-21(22)34-15-18-7-3-5-9-20(18)28(31)32)13-23-24(29)27(25(30)35-23)14-17-6-2-4-8-19(17)26/h2-13H,14-15H2,1H3/b23-13-. The number of nitro benzene ring substituents is 1. The number of amides is 2. The lowest BCUT2D eigenvalue weighted by Gasteiger charge is -2.13. The molecule has 1 aliphatic heterocycles. The highest BCUT2D eigenvalue weighted by atomic mass is 35.5. The Morgan fingerprint density at radius 3 is 2.46 bits per heavy atom. The predicted octanol–water partition coefficient (Wildman–Crippen LogP) is 6.07. The highest BCUT2D eigenvalue weighted by Gasteiger charge is 2.35.